The number of hydrazone groups is 1. The molecule has 31 heavy (non-hydrogen) atoms. The van der Waals surface area contributed by atoms with Gasteiger partial charge in [0, 0.05) is 29.8 Å². The average molecular weight is 415 g/mol. The second kappa shape index (κ2) is 10.7. The van der Waals surface area contributed by atoms with Gasteiger partial charge < -0.3 is 4.74 Å². The number of methoxy groups -OCH3 is 1. The summed E-state index contributed by atoms with van der Waals surface area (Å²) in [6, 6.07) is 26.2. The van der Waals surface area contributed by atoms with Crippen LogP contribution in [-0.4, -0.2) is 24.6 Å². The Morgan fingerprint density at radius 2 is 1.39 bits per heavy atom. The SMILES string of the molecule is COc1ccccc1/C(C)=N\NC(=O)CCC(=O)N(c1ccccc1)c1ccccc1. The Labute approximate surface area is 182 Å². The smallest absolute Gasteiger partial charge is 0.240 e. The van der Waals surface area contributed by atoms with E-state index in [1.54, 1.807) is 18.9 Å². The van der Waals surface area contributed by atoms with Gasteiger partial charge >= 0.3 is 0 Å². The van der Waals surface area contributed by atoms with Crippen LogP contribution < -0.4 is 15.1 Å². The Kier molecular flexibility index (Phi) is 7.54. The zero-order valence-electron chi connectivity index (χ0n) is 17.6. The Hall–Kier alpha value is -3.93. The fraction of sp³-hybridized carbons (Fsp3) is 0.160. The first-order valence-electron chi connectivity index (χ1n) is 9.99. The number of para-hydroxylation sites is 3. The van der Waals surface area contributed by atoms with Crippen LogP contribution >= 0.6 is 0 Å². The molecule has 0 unspecified atom stereocenters. The van der Waals surface area contributed by atoms with Crippen LogP contribution in [0.25, 0.3) is 0 Å². The fourth-order valence-corrected chi connectivity index (χ4v) is 3.13. The highest BCUT2D eigenvalue weighted by atomic mass is 16.5. The van der Waals surface area contributed by atoms with Gasteiger partial charge in [0.15, 0.2) is 0 Å². The van der Waals surface area contributed by atoms with E-state index in [4.69, 9.17) is 4.74 Å². The summed E-state index contributed by atoms with van der Waals surface area (Å²) in [4.78, 5) is 26.9. The molecule has 1 N–H and O–H groups in total. The number of anilines is 2. The predicted molar refractivity (Wildman–Crippen MR) is 123 cm³/mol. The molecule has 2 amide bonds. The highest BCUT2D eigenvalue weighted by molar-refractivity contribution is 6.03. The number of nitrogens with zero attached hydrogens (tertiary/aromatic N) is 2. The summed E-state index contributed by atoms with van der Waals surface area (Å²) in [6.45, 7) is 1.79. The maximum Gasteiger partial charge on any atom is 0.240 e. The van der Waals surface area contributed by atoms with Gasteiger partial charge in [-0.25, -0.2) is 5.43 Å². The number of carbonyl (C=O) groups is 2. The third-order valence-corrected chi connectivity index (χ3v) is 4.69. The van der Waals surface area contributed by atoms with Gasteiger partial charge in [0.25, 0.3) is 0 Å². The molecular weight excluding hydrogens is 390 g/mol. The van der Waals surface area contributed by atoms with Crippen molar-refractivity contribution < 1.29 is 14.3 Å². The topological polar surface area (TPSA) is 71.0 Å². The third kappa shape index (κ3) is 5.79. The second-order valence-corrected chi connectivity index (χ2v) is 6.83. The molecule has 0 radical (unpaired) electrons. The van der Waals surface area contributed by atoms with Gasteiger partial charge in [-0.05, 0) is 43.3 Å². The number of rotatable bonds is 8. The molecule has 6 nitrogen and oxygen atoms in total. The number of amides is 2. The van der Waals surface area contributed by atoms with Gasteiger partial charge in [0.1, 0.15) is 5.75 Å². The van der Waals surface area contributed by atoms with Crippen molar-refractivity contribution in [3.8, 4) is 5.75 Å². The minimum atomic E-state index is -0.330. The first kappa shape index (κ1) is 21.8. The van der Waals surface area contributed by atoms with E-state index in [2.05, 4.69) is 10.5 Å². The Morgan fingerprint density at radius 3 is 1.97 bits per heavy atom. The summed E-state index contributed by atoms with van der Waals surface area (Å²) in [5, 5.41) is 4.15. The Bertz CT molecular complexity index is 1010. The van der Waals surface area contributed by atoms with Gasteiger partial charge in [0.2, 0.25) is 11.8 Å². The summed E-state index contributed by atoms with van der Waals surface area (Å²) >= 11 is 0. The maximum absolute atomic E-state index is 13.0. The normalized spacial score (nSPS) is 11.0. The lowest BCUT2D eigenvalue weighted by molar-refractivity contribution is -0.124. The molecule has 3 aromatic carbocycles. The molecule has 0 saturated carbocycles. The summed E-state index contributed by atoms with van der Waals surface area (Å²) in [6.07, 6.45) is 0.0799. The van der Waals surface area contributed by atoms with E-state index >= 15 is 0 Å². The van der Waals surface area contributed by atoms with Crippen LogP contribution in [0.5, 0.6) is 5.75 Å². The van der Waals surface area contributed by atoms with E-state index in [9.17, 15) is 9.59 Å². The summed E-state index contributed by atoms with van der Waals surface area (Å²) in [7, 11) is 1.58. The molecule has 0 atom stereocenters. The number of hydrogen-bond donors (Lipinski definition) is 1. The van der Waals surface area contributed by atoms with Crippen LogP contribution in [-0.2, 0) is 9.59 Å². The highest BCUT2D eigenvalue weighted by Crippen LogP contribution is 2.26. The van der Waals surface area contributed by atoms with Crippen LogP contribution in [0.1, 0.15) is 25.3 Å². The molecule has 0 bridgehead atoms. The first-order valence-corrected chi connectivity index (χ1v) is 9.99. The Balaban J connectivity index is 1.65. The van der Waals surface area contributed by atoms with Crippen molar-refractivity contribution in [2.24, 2.45) is 5.10 Å². The molecule has 158 valence electrons. The number of carbonyl (C=O) groups excluding carboxylic acids is 2. The van der Waals surface area contributed by atoms with Crippen molar-refractivity contribution in [1.82, 2.24) is 5.43 Å². The lowest BCUT2D eigenvalue weighted by atomic mass is 10.1. The molecule has 0 aliphatic rings. The number of benzene rings is 3. The largest absolute Gasteiger partial charge is 0.496 e. The lowest BCUT2D eigenvalue weighted by Crippen LogP contribution is -2.28. The highest BCUT2D eigenvalue weighted by Gasteiger charge is 2.18. The molecule has 0 saturated heterocycles. The van der Waals surface area contributed by atoms with Crippen LogP contribution in [0.15, 0.2) is 90.0 Å². The van der Waals surface area contributed by atoms with Gasteiger partial charge in [-0.3, -0.25) is 14.5 Å². The third-order valence-electron chi connectivity index (χ3n) is 4.69. The molecule has 6 heteroatoms. The molecular formula is C25H25N3O3. The van der Waals surface area contributed by atoms with Crippen LogP contribution in [0, 0.1) is 0 Å². The van der Waals surface area contributed by atoms with Crippen molar-refractivity contribution in [2.75, 3.05) is 12.0 Å². The minimum Gasteiger partial charge on any atom is -0.496 e. The van der Waals surface area contributed by atoms with E-state index in [0.29, 0.717) is 11.5 Å². The van der Waals surface area contributed by atoms with E-state index < -0.39 is 0 Å². The van der Waals surface area contributed by atoms with Crippen LogP contribution in [0.4, 0.5) is 11.4 Å². The van der Waals surface area contributed by atoms with Crippen molar-refractivity contribution in [1.29, 1.82) is 0 Å². The lowest BCUT2D eigenvalue weighted by Gasteiger charge is -2.23. The molecule has 3 aromatic rings. The van der Waals surface area contributed by atoms with Crippen molar-refractivity contribution in [3.63, 3.8) is 0 Å². The number of hydrogen-bond acceptors (Lipinski definition) is 4. The molecule has 0 heterocycles. The van der Waals surface area contributed by atoms with Crippen molar-refractivity contribution in [3.05, 3.63) is 90.5 Å². The number of ether oxygens (including phenoxy) is 1. The van der Waals surface area contributed by atoms with E-state index in [0.717, 1.165) is 16.9 Å². The molecule has 0 aromatic heterocycles. The first-order chi connectivity index (χ1) is 15.1. The average Bonchev–Trinajstić information content (AvgIpc) is 2.82. The van der Waals surface area contributed by atoms with E-state index in [1.807, 2.05) is 84.9 Å². The number of nitrogens with one attached hydrogen (secondary N) is 1. The van der Waals surface area contributed by atoms with Crippen molar-refractivity contribution in [2.45, 2.75) is 19.8 Å². The molecule has 3 rings (SSSR count). The summed E-state index contributed by atoms with van der Waals surface area (Å²) in [5.74, 6) is 0.177. The quantitative estimate of drug-likeness (QED) is 0.429. The van der Waals surface area contributed by atoms with E-state index in [1.165, 1.54) is 0 Å². The molecule has 0 spiro atoms. The zero-order valence-corrected chi connectivity index (χ0v) is 17.6. The fourth-order valence-electron chi connectivity index (χ4n) is 3.13. The monoisotopic (exact) mass is 415 g/mol. The maximum atomic E-state index is 13.0. The van der Waals surface area contributed by atoms with Crippen LogP contribution in [0.3, 0.4) is 0 Å². The van der Waals surface area contributed by atoms with Crippen LogP contribution in [0.2, 0.25) is 0 Å². The molecule has 0 aliphatic heterocycles. The zero-order chi connectivity index (χ0) is 22.1. The Morgan fingerprint density at radius 1 is 0.839 bits per heavy atom. The van der Waals surface area contributed by atoms with Gasteiger partial charge in [-0.15, -0.1) is 0 Å². The van der Waals surface area contributed by atoms with Gasteiger partial charge in [-0.1, -0.05) is 48.5 Å². The standard InChI is InChI=1S/C25H25N3O3/c1-19(22-15-9-10-16-23(22)31-2)26-27-24(29)17-18-25(30)28(20-11-5-3-6-12-20)21-13-7-4-8-14-21/h3-16H,17-18H2,1-2H3,(H,27,29)/b26-19-. The minimum absolute atomic E-state index is 0.0255. The van der Waals surface area contributed by atoms with Crippen molar-refractivity contribution >= 4 is 28.9 Å². The second-order valence-electron chi connectivity index (χ2n) is 6.83. The van der Waals surface area contributed by atoms with E-state index in [-0.39, 0.29) is 24.7 Å². The summed E-state index contributed by atoms with van der Waals surface area (Å²) < 4.78 is 5.32. The molecule has 0 fully saturated rings. The predicted octanol–water partition coefficient (Wildman–Crippen LogP) is 4.68. The molecule has 0 aliphatic carbocycles. The van der Waals surface area contributed by atoms with Gasteiger partial charge in [-0.2, -0.15) is 5.10 Å². The van der Waals surface area contributed by atoms with Gasteiger partial charge in [0.05, 0.1) is 12.8 Å². The summed E-state index contributed by atoms with van der Waals surface area (Å²) in [5.41, 5.74) is 5.45.